The van der Waals surface area contributed by atoms with E-state index in [9.17, 15) is 0 Å². The molecule has 3 heterocycles. The predicted molar refractivity (Wildman–Crippen MR) is 324 cm³/mol. The van der Waals surface area contributed by atoms with Gasteiger partial charge in [0.05, 0.1) is 16.5 Å². The third-order valence-electron chi connectivity index (χ3n) is 18.6. The van der Waals surface area contributed by atoms with E-state index in [1.165, 1.54) is 160 Å². The fourth-order valence-electron chi connectivity index (χ4n) is 15.5. The average Bonchev–Trinajstić information content (AvgIpc) is 4.24. The first-order valence-corrected chi connectivity index (χ1v) is 28.3. The van der Waals surface area contributed by atoms with Crippen LogP contribution in [0.15, 0.2) is 212 Å². The first kappa shape index (κ1) is 43.8. The van der Waals surface area contributed by atoms with Crippen molar-refractivity contribution >= 4 is 67.9 Å². The molecule has 0 radical (unpaired) electrons. The van der Waals surface area contributed by atoms with Gasteiger partial charge in [0.1, 0.15) is 0 Å². The molecule has 4 heteroatoms. The number of aryl methyl sites for hydroxylation is 3. The highest BCUT2D eigenvalue weighted by Gasteiger charge is 2.58. The van der Waals surface area contributed by atoms with Crippen LogP contribution in [0.25, 0.3) is 44.5 Å². The van der Waals surface area contributed by atoms with E-state index < -0.39 is 10.8 Å². The standard InChI is InChI=1S/C73H53BN2S/c1-42-27-32-46(33-28-42)75-63-41-61-54(52-21-11-14-24-57(52)72(61)55-22-12-7-17-48(55)49-18-8-13-23-56(49)72)40-62(63)74-67-64(75)38-44(3)39-65(67)76(47-34-30-45(31-35-47)71(4,5)6)68-66-53-36-29-43(2)37-60(53)73(69(66)77-70(68)74)58-25-15-9-19-50(58)51-20-10-16-26-59(51)73/h7-41H,1-6H3. The van der Waals surface area contributed by atoms with Crippen LogP contribution in [0.5, 0.6) is 0 Å². The lowest BCUT2D eigenvalue weighted by Crippen LogP contribution is -2.60. The lowest BCUT2D eigenvalue weighted by atomic mass is 9.36. The van der Waals surface area contributed by atoms with E-state index in [4.69, 9.17) is 0 Å². The molecule has 2 spiro atoms. The molecule has 0 atom stereocenters. The molecule has 6 aliphatic rings. The van der Waals surface area contributed by atoms with E-state index in [1.54, 1.807) is 0 Å². The Morgan fingerprint density at radius 1 is 0.390 bits per heavy atom. The molecule has 0 bridgehead atoms. The molecule has 10 aromatic carbocycles. The van der Waals surface area contributed by atoms with E-state index in [0.717, 1.165) is 0 Å². The number of anilines is 6. The van der Waals surface area contributed by atoms with Gasteiger partial charge in [-0.3, -0.25) is 0 Å². The van der Waals surface area contributed by atoms with Crippen LogP contribution < -0.4 is 25.5 Å². The molecule has 0 unspecified atom stereocenters. The molecule has 0 saturated carbocycles. The number of hydrogen-bond donors (Lipinski definition) is 0. The number of benzene rings is 10. The largest absolute Gasteiger partial charge is 0.311 e. The van der Waals surface area contributed by atoms with Crippen molar-refractivity contribution in [2.24, 2.45) is 0 Å². The van der Waals surface area contributed by atoms with Crippen LogP contribution in [-0.4, -0.2) is 6.71 Å². The third kappa shape index (κ3) is 5.32. The van der Waals surface area contributed by atoms with Crippen molar-refractivity contribution in [3.05, 3.63) is 278 Å². The summed E-state index contributed by atoms with van der Waals surface area (Å²) in [7, 11) is 0. The van der Waals surface area contributed by atoms with E-state index in [-0.39, 0.29) is 12.1 Å². The van der Waals surface area contributed by atoms with Crippen molar-refractivity contribution in [3.63, 3.8) is 0 Å². The summed E-state index contributed by atoms with van der Waals surface area (Å²) in [5.74, 6) is 0. The SMILES string of the molecule is Cc1ccc(N2c3cc4c(cc3B3c5sc6c(c5N(c5ccc(C(C)(C)C)cc5)c5cc(C)cc2c53)-c2ccc(C)cc2C62c3ccccc3-c3ccccc32)-c2ccccc2C42c3ccccc3-c3ccccc32)cc1. The molecule has 2 aliphatic heterocycles. The van der Waals surface area contributed by atoms with Crippen LogP contribution in [0.4, 0.5) is 34.1 Å². The Labute approximate surface area is 455 Å². The second kappa shape index (κ2) is 14.9. The van der Waals surface area contributed by atoms with Crippen molar-refractivity contribution in [1.29, 1.82) is 0 Å². The van der Waals surface area contributed by atoms with E-state index in [0.29, 0.717) is 0 Å². The van der Waals surface area contributed by atoms with E-state index in [1.807, 2.05) is 0 Å². The Bertz CT molecular complexity index is 4340. The summed E-state index contributed by atoms with van der Waals surface area (Å²) in [6, 6.07) is 82.8. The number of rotatable bonds is 2. The van der Waals surface area contributed by atoms with Gasteiger partial charge < -0.3 is 9.80 Å². The Balaban J connectivity index is 1.03. The highest BCUT2D eigenvalue weighted by Crippen LogP contribution is 2.68. The molecule has 11 aromatic rings. The Morgan fingerprint density at radius 2 is 0.857 bits per heavy atom. The van der Waals surface area contributed by atoms with Gasteiger partial charge in [0, 0.05) is 43.7 Å². The van der Waals surface area contributed by atoms with Gasteiger partial charge in [0.25, 0.3) is 6.71 Å². The summed E-state index contributed by atoms with van der Waals surface area (Å²) in [4.78, 5) is 6.75. The molecular weight excluding hydrogens is 948 g/mol. The normalized spacial score (nSPS) is 15.3. The van der Waals surface area contributed by atoms with Crippen LogP contribution >= 0.6 is 11.3 Å². The summed E-state index contributed by atoms with van der Waals surface area (Å²) >= 11 is 2.08. The fourth-order valence-corrected chi connectivity index (χ4v) is 17.1. The average molecular weight is 1000 g/mol. The monoisotopic (exact) mass is 1000 g/mol. The van der Waals surface area contributed by atoms with Crippen LogP contribution in [0.1, 0.15) is 86.8 Å². The van der Waals surface area contributed by atoms with Crippen LogP contribution in [0.3, 0.4) is 0 Å². The van der Waals surface area contributed by atoms with Gasteiger partial charge in [0.15, 0.2) is 0 Å². The van der Waals surface area contributed by atoms with Crippen molar-refractivity contribution in [1.82, 2.24) is 0 Å². The van der Waals surface area contributed by atoms with Crippen LogP contribution in [0, 0.1) is 20.8 Å². The molecule has 77 heavy (non-hydrogen) atoms. The van der Waals surface area contributed by atoms with Gasteiger partial charge in [0.2, 0.25) is 0 Å². The summed E-state index contributed by atoms with van der Waals surface area (Å²) in [5, 5.41) is 0. The molecule has 4 aliphatic carbocycles. The van der Waals surface area contributed by atoms with Gasteiger partial charge in [-0.1, -0.05) is 202 Å². The summed E-state index contributed by atoms with van der Waals surface area (Å²) in [6.07, 6.45) is 0. The summed E-state index contributed by atoms with van der Waals surface area (Å²) in [6.45, 7) is 13.7. The molecule has 0 N–H and O–H groups in total. The highest BCUT2D eigenvalue weighted by molar-refractivity contribution is 7.30. The van der Waals surface area contributed by atoms with Crippen molar-refractivity contribution < 1.29 is 0 Å². The summed E-state index contributed by atoms with van der Waals surface area (Å²) < 4.78 is 1.40. The molecule has 2 nitrogen and oxygen atoms in total. The van der Waals surface area contributed by atoms with Gasteiger partial charge in [-0.05, 0) is 169 Å². The second-order valence-electron chi connectivity index (χ2n) is 23.7. The maximum Gasteiger partial charge on any atom is 0.264 e. The summed E-state index contributed by atoms with van der Waals surface area (Å²) in [5.41, 5.74) is 34.5. The molecule has 0 fully saturated rings. The topological polar surface area (TPSA) is 6.48 Å². The maximum absolute atomic E-state index is 2.69. The van der Waals surface area contributed by atoms with Crippen LogP contribution in [0.2, 0.25) is 0 Å². The zero-order valence-electron chi connectivity index (χ0n) is 44.1. The fraction of sp³-hybridized carbons (Fsp3) is 0.123. The number of hydrogen-bond acceptors (Lipinski definition) is 3. The lowest BCUT2D eigenvalue weighted by molar-refractivity contribution is 0.590. The first-order chi connectivity index (χ1) is 37.6. The molecule has 17 rings (SSSR count). The molecule has 364 valence electrons. The number of thiophene rings is 1. The zero-order chi connectivity index (χ0) is 51.4. The number of fused-ring (bicyclic) bond motifs is 25. The van der Waals surface area contributed by atoms with Crippen LogP contribution in [-0.2, 0) is 16.2 Å². The molecule has 0 amide bonds. The second-order valence-corrected chi connectivity index (χ2v) is 24.8. The molecule has 1 aromatic heterocycles. The Kier molecular flexibility index (Phi) is 8.49. The highest BCUT2D eigenvalue weighted by atomic mass is 32.1. The Morgan fingerprint density at radius 3 is 1.42 bits per heavy atom. The van der Waals surface area contributed by atoms with Crippen molar-refractivity contribution in [3.8, 4) is 44.5 Å². The minimum Gasteiger partial charge on any atom is -0.311 e. The first-order valence-electron chi connectivity index (χ1n) is 27.4. The quantitative estimate of drug-likeness (QED) is 0.159. The lowest BCUT2D eigenvalue weighted by Gasteiger charge is -2.44. The maximum atomic E-state index is 2.69. The predicted octanol–water partition coefficient (Wildman–Crippen LogP) is 16.7. The van der Waals surface area contributed by atoms with Crippen molar-refractivity contribution in [2.75, 3.05) is 9.80 Å². The van der Waals surface area contributed by atoms with Gasteiger partial charge in [-0.2, -0.15) is 0 Å². The van der Waals surface area contributed by atoms with Gasteiger partial charge >= 0.3 is 0 Å². The van der Waals surface area contributed by atoms with Gasteiger partial charge in [-0.25, -0.2) is 0 Å². The van der Waals surface area contributed by atoms with Crippen molar-refractivity contribution in [2.45, 2.75) is 57.8 Å². The minimum atomic E-state index is -0.490. The molecule has 0 saturated heterocycles. The zero-order valence-corrected chi connectivity index (χ0v) is 44.9. The number of nitrogens with zero attached hydrogens (tertiary/aromatic N) is 2. The molecular formula is C73H53BN2S. The Hall–Kier alpha value is -8.44. The van der Waals surface area contributed by atoms with E-state index >= 15 is 0 Å². The third-order valence-corrected chi connectivity index (χ3v) is 19.9. The minimum absolute atomic E-state index is 0.00755. The van der Waals surface area contributed by atoms with E-state index in [2.05, 4.69) is 275 Å². The van der Waals surface area contributed by atoms with Gasteiger partial charge in [-0.15, -0.1) is 11.3 Å². The smallest absolute Gasteiger partial charge is 0.264 e.